The van der Waals surface area contributed by atoms with Gasteiger partial charge in [-0.25, -0.2) is 4.98 Å². The zero-order chi connectivity index (χ0) is 17.6. The van der Waals surface area contributed by atoms with Gasteiger partial charge in [-0.1, -0.05) is 12.1 Å². The Morgan fingerprint density at radius 1 is 1.24 bits per heavy atom. The summed E-state index contributed by atoms with van der Waals surface area (Å²) >= 11 is 0. The first-order chi connectivity index (χ1) is 12.2. The summed E-state index contributed by atoms with van der Waals surface area (Å²) in [7, 11) is 3.40. The van der Waals surface area contributed by atoms with Gasteiger partial charge in [-0.2, -0.15) is 0 Å². The molecular weight excluding hydrogens is 318 g/mol. The van der Waals surface area contributed by atoms with E-state index in [1.54, 1.807) is 26.6 Å². The number of hydrogen-bond donors (Lipinski definition) is 0. The molecule has 0 saturated carbocycles. The van der Waals surface area contributed by atoms with Crippen LogP contribution in [0.5, 0.6) is 5.75 Å². The van der Waals surface area contributed by atoms with Gasteiger partial charge in [0.2, 0.25) is 0 Å². The lowest BCUT2D eigenvalue weighted by Gasteiger charge is -2.37. The quantitative estimate of drug-likeness (QED) is 0.834. The maximum atomic E-state index is 12.6. The Morgan fingerprint density at radius 2 is 2.04 bits per heavy atom. The third-order valence-corrected chi connectivity index (χ3v) is 4.69. The molecule has 0 unspecified atom stereocenters. The minimum Gasteiger partial charge on any atom is -0.497 e. The average molecular weight is 341 g/mol. The number of amides is 1. The molecule has 0 spiro atoms. The Labute approximate surface area is 147 Å². The van der Waals surface area contributed by atoms with Gasteiger partial charge >= 0.3 is 0 Å². The molecule has 2 heterocycles. The first kappa shape index (κ1) is 17.4. The lowest BCUT2D eigenvalue weighted by Crippen LogP contribution is -2.47. The van der Waals surface area contributed by atoms with Crippen molar-refractivity contribution in [3.63, 3.8) is 0 Å². The van der Waals surface area contributed by atoms with Gasteiger partial charge in [0.1, 0.15) is 11.4 Å². The number of likely N-dealkylation sites (tertiary alicyclic amines) is 1. The van der Waals surface area contributed by atoms with Crippen LogP contribution in [0.4, 0.5) is 0 Å². The molecule has 1 aliphatic rings. The highest BCUT2D eigenvalue weighted by Gasteiger charge is 2.32. The second-order valence-electron chi connectivity index (χ2n) is 6.22. The molecule has 2 atom stereocenters. The van der Waals surface area contributed by atoms with Crippen LogP contribution in [0.25, 0.3) is 0 Å². The van der Waals surface area contributed by atoms with Crippen molar-refractivity contribution in [2.24, 2.45) is 5.92 Å². The third-order valence-electron chi connectivity index (χ3n) is 4.69. The summed E-state index contributed by atoms with van der Waals surface area (Å²) in [5, 5.41) is 0. The predicted molar refractivity (Wildman–Crippen MR) is 93.5 cm³/mol. The van der Waals surface area contributed by atoms with E-state index in [0.717, 1.165) is 18.6 Å². The highest BCUT2D eigenvalue weighted by molar-refractivity contribution is 5.92. The van der Waals surface area contributed by atoms with Crippen molar-refractivity contribution >= 4 is 5.91 Å². The van der Waals surface area contributed by atoms with E-state index in [1.165, 1.54) is 11.8 Å². The van der Waals surface area contributed by atoms with Crippen molar-refractivity contribution in [3.05, 3.63) is 54.1 Å². The average Bonchev–Trinajstić information content (AvgIpc) is 2.68. The van der Waals surface area contributed by atoms with Crippen LogP contribution >= 0.6 is 0 Å². The molecule has 6 nitrogen and oxygen atoms in total. The van der Waals surface area contributed by atoms with Gasteiger partial charge in [0.25, 0.3) is 5.91 Å². The van der Waals surface area contributed by atoms with Gasteiger partial charge in [0.05, 0.1) is 19.4 Å². The van der Waals surface area contributed by atoms with Crippen LogP contribution in [0, 0.1) is 5.92 Å². The van der Waals surface area contributed by atoms with Gasteiger partial charge in [0.15, 0.2) is 0 Å². The predicted octanol–water partition coefficient (Wildman–Crippen LogP) is 2.21. The fraction of sp³-hybridized carbons (Fsp3) is 0.421. The van der Waals surface area contributed by atoms with E-state index in [0.29, 0.717) is 18.8 Å². The Hall–Kier alpha value is -2.47. The number of rotatable bonds is 5. The molecule has 0 radical (unpaired) electrons. The van der Waals surface area contributed by atoms with Crippen molar-refractivity contribution in [1.82, 2.24) is 14.9 Å². The zero-order valence-corrected chi connectivity index (χ0v) is 14.6. The molecule has 1 amide bonds. The first-order valence-corrected chi connectivity index (χ1v) is 8.42. The number of carbonyl (C=O) groups excluding carboxylic acids is 1. The highest BCUT2D eigenvalue weighted by Crippen LogP contribution is 2.25. The van der Waals surface area contributed by atoms with Crippen LogP contribution in [0.15, 0.2) is 42.9 Å². The van der Waals surface area contributed by atoms with E-state index in [-0.39, 0.29) is 17.9 Å². The van der Waals surface area contributed by atoms with Crippen LogP contribution in [0.2, 0.25) is 0 Å². The molecule has 25 heavy (non-hydrogen) atoms. The summed E-state index contributed by atoms with van der Waals surface area (Å²) in [6.07, 6.45) is 6.46. The fourth-order valence-corrected chi connectivity index (χ4v) is 3.34. The summed E-state index contributed by atoms with van der Waals surface area (Å²) in [6, 6.07) is 8.05. The normalized spacial score (nSPS) is 20.3. The lowest BCUT2D eigenvalue weighted by molar-refractivity contribution is -0.00318. The maximum Gasteiger partial charge on any atom is 0.274 e. The summed E-state index contributed by atoms with van der Waals surface area (Å²) < 4.78 is 10.9. The number of piperidine rings is 1. The monoisotopic (exact) mass is 341 g/mol. The molecule has 1 aromatic carbocycles. The highest BCUT2D eigenvalue weighted by atomic mass is 16.5. The third kappa shape index (κ3) is 4.14. The van der Waals surface area contributed by atoms with Crippen molar-refractivity contribution in [1.29, 1.82) is 0 Å². The number of benzene rings is 1. The van der Waals surface area contributed by atoms with E-state index in [1.807, 2.05) is 17.0 Å². The molecule has 132 valence electrons. The van der Waals surface area contributed by atoms with Crippen molar-refractivity contribution in [3.8, 4) is 5.75 Å². The van der Waals surface area contributed by atoms with Gasteiger partial charge in [-0.05, 0) is 30.5 Å². The summed E-state index contributed by atoms with van der Waals surface area (Å²) in [4.78, 5) is 22.6. The van der Waals surface area contributed by atoms with E-state index >= 15 is 0 Å². The SMILES string of the molecule is COc1ccc(C[C@@H]2CN(C(=O)c3cnccn3)CC[C@H]2OC)cc1. The van der Waals surface area contributed by atoms with Crippen molar-refractivity contribution in [2.45, 2.75) is 18.9 Å². The van der Waals surface area contributed by atoms with Gasteiger partial charge < -0.3 is 14.4 Å². The van der Waals surface area contributed by atoms with Crippen LogP contribution < -0.4 is 4.74 Å². The minimum absolute atomic E-state index is 0.0672. The summed E-state index contributed by atoms with van der Waals surface area (Å²) in [5.41, 5.74) is 1.60. The van der Waals surface area contributed by atoms with Gasteiger partial charge in [0, 0.05) is 38.5 Å². The summed E-state index contributed by atoms with van der Waals surface area (Å²) in [6.45, 7) is 1.33. The Morgan fingerprint density at radius 3 is 2.68 bits per heavy atom. The Balaban J connectivity index is 1.70. The zero-order valence-electron chi connectivity index (χ0n) is 14.6. The molecule has 0 N–H and O–H groups in total. The standard InChI is InChI=1S/C19H23N3O3/c1-24-16-5-3-14(4-6-16)11-15-13-22(10-7-18(15)25-2)19(23)17-12-20-8-9-21-17/h3-6,8-9,12,15,18H,7,10-11,13H2,1-2H3/t15-,18-/m1/s1. The van der Waals surface area contributed by atoms with E-state index < -0.39 is 0 Å². The van der Waals surface area contributed by atoms with Crippen molar-refractivity contribution in [2.75, 3.05) is 27.3 Å². The number of hydrogen-bond acceptors (Lipinski definition) is 5. The summed E-state index contributed by atoms with van der Waals surface area (Å²) in [5.74, 6) is 1.02. The van der Waals surface area contributed by atoms with Crippen LogP contribution in [0.3, 0.4) is 0 Å². The van der Waals surface area contributed by atoms with E-state index in [2.05, 4.69) is 22.1 Å². The van der Waals surface area contributed by atoms with Crippen LogP contribution in [-0.4, -0.2) is 54.2 Å². The topological polar surface area (TPSA) is 64.5 Å². The molecule has 6 heteroatoms. The molecular formula is C19H23N3O3. The molecule has 1 aromatic heterocycles. The maximum absolute atomic E-state index is 12.6. The van der Waals surface area contributed by atoms with E-state index in [9.17, 15) is 4.79 Å². The van der Waals surface area contributed by atoms with E-state index in [4.69, 9.17) is 9.47 Å². The number of ether oxygens (including phenoxy) is 2. The molecule has 0 aliphatic carbocycles. The Bertz CT molecular complexity index is 691. The van der Waals surface area contributed by atoms with Crippen LogP contribution in [0.1, 0.15) is 22.5 Å². The second kappa shape index (κ2) is 8.07. The fourth-order valence-electron chi connectivity index (χ4n) is 3.34. The molecule has 3 rings (SSSR count). The van der Waals surface area contributed by atoms with Crippen LogP contribution in [-0.2, 0) is 11.2 Å². The number of methoxy groups -OCH3 is 2. The number of aromatic nitrogens is 2. The van der Waals surface area contributed by atoms with Gasteiger partial charge in [-0.3, -0.25) is 9.78 Å². The first-order valence-electron chi connectivity index (χ1n) is 8.42. The molecule has 1 fully saturated rings. The number of carbonyl (C=O) groups is 1. The molecule has 0 bridgehead atoms. The number of nitrogens with zero attached hydrogens (tertiary/aromatic N) is 3. The Kier molecular flexibility index (Phi) is 5.60. The van der Waals surface area contributed by atoms with Gasteiger partial charge in [-0.15, -0.1) is 0 Å². The minimum atomic E-state index is -0.0672. The lowest BCUT2D eigenvalue weighted by atomic mass is 9.88. The smallest absolute Gasteiger partial charge is 0.274 e. The molecule has 1 saturated heterocycles. The largest absolute Gasteiger partial charge is 0.497 e. The molecule has 1 aliphatic heterocycles. The molecule has 2 aromatic rings. The van der Waals surface area contributed by atoms with Crippen molar-refractivity contribution < 1.29 is 14.3 Å². The second-order valence-corrected chi connectivity index (χ2v) is 6.22.